The lowest BCUT2D eigenvalue weighted by molar-refractivity contribution is -0.384. The van der Waals surface area contributed by atoms with Gasteiger partial charge < -0.3 is 9.64 Å². The highest BCUT2D eigenvalue weighted by atomic mass is 32.1. The molecule has 0 atom stereocenters. The van der Waals surface area contributed by atoms with Crippen LogP contribution in [0.5, 0.6) is 5.75 Å². The Kier molecular flexibility index (Phi) is 5.03. The van der Waals surface area contributed by atoms with Crippen LogP contribution in [-0.2, 0) is 24.2 Å². The van der Waals surface area contributed by atoms with Gasteiger partial charge in [-0.05, 0) is 30.2 Å². The van der Waals surface area contributed by atoms with Gasteiger partial charge in [0.15, 0.2) is 0 Å². The van der Waals surface area contributed by atoms with Gasteiger partial charge in [0, 0.05) is 29.7 Å². The summed E-state index contributed by atoms with van der Waals surface area (Å²) >= 11 is 1.46. The molecule has 1 aromatic heterocycles. The number of amides is 1. The number of fused-ring (bicyclic) bond motifs is 1. The summed E-state index contributed by atoms with van der Waals surface area (Å²) in [6.07, 6.45) is 0.814. The number of hydrogen-bond acceptors (Lipinski definition) is 6. The molecule has 1 aliphatic rings. The van der Waals surface area contributed by atoms with Gasteiger partial charge in [-0.2, -0.15) is 0 Å². The molecule has 0 unspecified atom stereocenters. The number of anilines is 1. The second-order valence-electron chi connectivity index (χ2n) is 6.38. The van der Waals surface area contributed by atoms with Crippen LogP contribution in [0.3, 0.4) is 0 Å². The van der Waals surface area contributed by atoms with Crippen LogP contribution in [0.1, 0.15) is 16.3 Å². The maximum atomic E-state index is 12.7. The fourth-order valence-electron chi connectivity index (χ4n) is 3.17. The zero-order valence-corrected chi connectivity index (χ0v) is 15.7. The maximum absolute atomic E-state index is 12.7. The Morgan fingerprint density at radius 1 is 1.25 bits per heavy atom. The minimum atomic E-state index is -0.418. The third-order valence-corrected chi connectivity index (χ3v) is 5.38. The highest BCUT2D eigenvalue weighted by Crippen LogP contribution is 2.31. The summed E-state index contributed by atoms with van der Waals surface area (Å²) in [7, 11) is 0. The number of benzene rings is 2. The second-order valence-corrected chi connectivity index (χ2v) is 7.32. The van der Waals surface area contributed by atoms with E-state index < -0.39 is 4.92 Å². The van der Waals surface area contributed by atoms with Crippen molar-refractivity contribution in [1.29, 1.82) is 0 Å². The van der Waals surface area contributed by atoms with E-state index in [9.17, 15) is 14.9 Å². The van der Waals surface area contributed by atoms with Crippen molar-refractivity contribution < 1.29 is 14.5 Å². The molecule has 0 radical (unpaired) electrons. The van der Waals surface area contributed by atoms with E-state index in [1.165, 1.54) is 17.4 Å². The molecular formula is C20H17N3O4S. The van der Waals surface area contributed by atoms with E-state index in [1.54, 1.807) is 17.0 Å². The Hall–Kier alpha value is -3.26. The Morgan fingerprint density at radius 3 is 2.86 bits per heavy atom. The van der Waals surface area contributed by atoms with Crippen LogP contribution >= 0.6 is 11.3 Å². The molecule has 8 heteroatoms. The molecule has 0 saturated heterocycles. The van der Waals surface area contributed by atoms with Gasteiger partial charge in [-0.15, -0.1) is 11.3 Å². The highest BCUT2D eigenvalue weighted by Gasteiger charge is 2.26. The van der Waals surface area contributed by atoms with Crippen molar-refractivity contribution in [2.75, 3.05) is 11.4 Å². The average molecular weight is 395 g/mol. The first-order valence-electron chi connectivity index (χ1n) is 8.79. The van der Waals surface area contributed by atoms with Gasteiger partial charge in [0.05, 0.1) is 17.0 Å². The molecule has 142 valence electrons. The molecule has 0 fully saturated rings. The quantitative estimate of drug-likeness (QED) is 0.469. The Bertz CT molecular complexity index is 1020. The first-order valence-corrected chi connectivity index (χ1v) is 9.67. The predicted molar refractivity (Wildman–Crippen MR) is 106 cm³/mol. The topological polar surface area (TPSA) is 85.6 Å². The molecule has 0 saturated carbocycles. The SMILES string of the molecule is O=C(Cc1csc(COc2ccccc2)n1)N1CCc2cc([N+](=O)[O-])ccc21. The molecule has 1 amide bonds. The summed E-state index contributed by atoms with van der Waals surface area (Å²) in [5.74, 6) is 0.714. The van der Waals surface area contributed by atoms with Crippen LogP contribution in [0.25, 0.3) is 0 Å². The van der Waals surface area contributed by atoms with Crippen molar-refractivity contribution in [3.05, 3.63) is 80.3 Å². The van der Waals surface area contributed by atoms with E-state index in [-0.39, 0.29) is 18.0 Å². The van der Waals surface area contributed by atoms with Gasteiger partial charge in [0.25, 0.3) is 5.69 Å². The van der Waals surface area contributed by atoms with Crippen molar-refractivity contribution in [3.63, 3.8) is 0 Å². The summed E-state index contributed by atoms with van der Waals surface area (Å²) in [5.41, 5.74) is 2.34. The summed E-state index contributed by atoms with van der Waals surface area (Å²) in [6.45, 7) is 0.891. The van der Waals surface area contributed by atoms with E-state index >= 15 is 0 Å². The fourth-order valence-corrected chi connectivity index (χ4v) is 3.87. The van der Waals surface area contributed by atoms with Crippen LogP contribution in [0, 0.1) is 10.1 Å². The van der Waals surface area contributed by atoms with E-state index in [2.05, 4.69) is 4.98 Å². The Labute approximate surface area is 165 Å². The number of nitro benzene ring substituents is 1. The van der Waals surface area contributed by atoms with Gasteiger partial charge in [-0.3, -0.25) is 14.9 Å². The first-order chi connectivity index (χ1) is 13.6. The number of para-hydroxylation sites is 1. The smallest absolute Gasteiger partial charge is 0.269 e. The number of carbonyl (C=O) groups is 1. The van der Waals surface area contributed by atoms with Crippen molar-refractivity contribution in [3.8, 4) is 5.75 Å². The molecule has 28 heavy (non-hydrogen) atoms. The Balaban J connectivity index is 1.39. The molecule has 7 nitrogen and oxygen atoms in total. The highest BCUT2D eigenvalue weighted by molar-refractivity contribution is 7.09. The summed E-state index contributed by atoms with van der Waals surface area (Å²) in [6, 6.07) is 14.1. The molecule has 4 rings (SSSR count). The number of nitro groups is 1. The van der Waals surface area contributed by atoms with E-state index in [4.69, 9.17) is 4.74 Å². The fraction of sp³-hybridized carbons (Fsp3) is 0.200. The molecule has 3 aromatic rings. The van der Waals surface area contributed by atoms with Crippen molar-refractivity contribution in [1.82, 2.24) is 4.98 Å². The zero-order valence-electron chi connectivity index (χ0n) is 14.9. The van der Waals surface area contributed by atoms with Crippen LogP contribution in [0.2, 0.25) is 0 Å². The molecule has 0 bridgehead atoms. The number of rotatable bonds is 6. The van der Waals surface area contributed by atoms with E-state index in [0.29, 0.717) is 25.3 Å². The number of carbonyl (C=O) groups excluding carboxylic acids is 1. The molecule has 0 aliphatic carbocycles. The monoisotopic (exact) mass is 395 g/mol. The molecular weight excluding hydrogens is 378 g/mol. The molecule has 2 heterocycles. The van der Waals surface area contributed by atoms with Crippen LogP contribution in [-0.4, -0.2) is 22.4 Å². The van der Waals surface area contributed by atoms with Crippen LogP contribution in [0.15, 0.2) is 53.9 Å². The second kappa shape index (κ2) is 7.77. The van der Waals surface area contributed by atoms with Gasteiger partial charge >= 0.3 is 0 Å². The molecule has 2 aromatic carbocycles. The van der Waals surface area contributed by atoms with Crippen molar-refractivity contribution in [2.24, 2.45) is 0 Å². The number of non-ortho nitro benzene ring substituents is 1. The first kappa shape index (κ1) is 18.1. The minimum absolute atomic E-state index is 0.0515. The lowest BCUT2D eigenvalue weighted by atomic mass is 10.1. The van der Waals surface area contributed by atoms with E-state index in [0.717, 1.165) is 22.0 Å². The third kappa shape index (κ3) is 3.86. The lowest BCUT2D eigenvalue weighted by Gasteiger charge is -2.16. The largest absolute Gasteiger partial charge is 0.486 e. The standard InChI is InChI=1S/C20H17N3O4S/c24-20(22-9-8-14-10-16(23(25)26)6-7-18(14)22)11-15-13-28-19(21-15)12-27-17-4-2-1-3-5-17/h1-7,10,13H,8-9,11-12H2. The van der Waals surface area contributed by atoms with Gasteiger partial charge in [-0.25, -0.2) is 4.98 Å². The predicted octanol–water partition coefficient (Wildman–Crippen LogP) is 3.76. The van der Waals surface area contributed by atoms with Crippen molar-refractivity contribution in [2.45, 2.75) is 19.4 Å². The molecule has 0 N–H and O–H groups in total. The lowest BCUT2D eigenvalue weighted by Crippen LogP contribution is -2.30. The summed E-state index contributed by atoms with van der Waals surface area (Å²) in [5, 5.41) is 13.6. The van der Waals surface area contributed by atoms with Gasteiger partial charge in [-0.1, -0.05) is 18.2 Å². The molecule has 1 aliphatic heterocycles. The summed E-state index contributed by atoms with van der Waals surface area (Å²) < 4.78 is 5.68. The number of hydrogen-bond donors (Lipinski definition) is 0. The van der Waals surface area contributed by atoms with Crippen LogP contribution in [0.4, 0.5) is 11.4 Å². The number of nitrogens with zero attached hydrogens (tertiary/aromatic N) is 3. The summed E-state index contributed by atoms with van der Waals surface area (Å²) in [4.78, 5) is 29.4. The van der Waals surface area contributed by atoms with Crippen LogP contribution < -0.4 is 9.64 Å². The van der Waals surface area contributed by atoms with Crippen molar-refractivity contribution >= 4 is 28.6 Å². The Morgan fingerprint density at radius 2 is 2.07 bits per heavy atom. The molecule has 0 spiro atoms. The number of thiazole rings is 1. The van der Waals surface area contributed by atoms with E-state index in [1.807, 2.05) is 35.7 Å². The average Bonchev–Trinajstić information content (AvgIpc) is 3.33. The third-order valence-electron chi connectivity index (χ3n) is 4.51. The minimum Gasteiger partial charge on any atom is -0.486 e. The number of ether oxygens (including phenoxy) is 1. The zero-order chi connectivity index (χ0) is 19.5. The van der Waals surface area contributed by atoms with Gasteiger partial charge in [0.2, 0.25) is 5.91 Å². The van der Waals surface area contributed by atoms with Gasteiger partial charge in [0.1, 0.15) is 17.4 Å². The normalized spacial score (nSPS) is 12.6. The maximum Gasteiger partial charge on any atom is 0.269 e. The number of aromatic nitrogens is 1.